The Morgan fingerprint density at radius 2 is 2.16 bits per heavy atom. The molecule has 0 aliphatic carbocycles. The van der Waals surface area contributed by atoms with Crippen LogP contribution in [0.3, 0.4) is 0 Å². The van der Waals surface area contributed by atoms with Gasteiger partial charge < -0.3 is 5.32 Å². The summed E-state index contributed by atoms with van der Waals surface area (Å²) in [5.74, 6) is -1.63. The van der Waals surface area contributed by atoms with Crippen LogP contribution in [0.25, 0.3) is 0 Å². The molecule has 19 heavy (non-hydrogen) atoms. The number of benzene rings is 1. The van der Waals surface area contributed by atoms with Gasteiger partial charge in [-0.2, -0.15) is 0 Å². The quantitative estimate of drug-likeness (QED) is 0.888. The van der Waals surface area contributed by atoms with Gasteiger partial charge in [-0.25, -0.2) is 8.78 Å². The van der Waals surface area contributed by atoms with Crippen LogP contribution < -0.4 is 5.32 Å². The van der Waals surface area contributed by atoms with Crippen molar-refractivity contribution in [2.24, 2.45) is 5.41 Å². The van der Waals surface area contributed by atoms with Gasteiger partial charge in [-0.3, -0.25) is 4.79 Å². The van der Waals surface area contributed by atoms with E-state index in [0.717, 1.165) is 37.9 Å². The topological polar surface area (TPSA) is 29.1 Å². The van der Waals surface area contributed by atoms with E-state index >= 15 is 0 Å². The monoisotopic (exact) mass is 267 g/mol. The highest BCUT2D eigenvalue weighted by atomic mass is 19.2. The van der Waals surface area contributed by atoms with E-state index in [0.29, 0.717) is 12.1 Å². The van der Waals surface area contributed by atoms with E-state index in [1.54, 1.807) is 0 Å². The van der Waals surface area contributed by atoms with Gasteiger partial charge in [0.25, 0.3) is 0 Å². The van der Waals surface area contributed by atoms with E-state index in [4.69, 9.17) is 0 Å². The molecule has 0 aromatic heterocycles. The summed E-state index contributed by atoms with van der Waals surface area (Å²) in [4.78, 5) is 12.5. The molecule has 0 spiro atoms. The first-order valence-corrected chi connectivity index (χ1v) is 6.75. The number of Topliss-reactive ketones (excluding diaryl/α,β-unsaturated/α-hetero) is 1. The lowest BCUT2D eigenvalue weighted by atomic mass is 9.76. The van der Waals surface area contributed by atoms with E-state index in [1.807, 2.05) is 0 Å². The normalized spacial score (nSPS) is 22.7. The molecule has 0 bridgehead atoms. The van der Waals surface area contributed by atoms with Crippen molar-refractivity contribution in [1.29, 1.82) is 0 Å². The molecule has 0 amide bonds. The number of ketones is 1. The van der Waals surface area contributed by atoms with Gasteiger partial charge >= 0.3 is 0 Å². The smallest absolute Gasteiger partial charge is 0.159 e. The summed E-state index contributed by atoms with van der Waals surface area (Å²) in [6.45, 7) is 3.61. The molecule has 1 fully saturated rings. The maximum atomic E-state index is 13.2. The summed E-state index contributed by atoms with van der Waals surface area (Å²) in [6, 6.07) is 3.69. The lowest BCUT2D eigenvalue weighted by Crippen LogP contribution is -2.34. The summed E-state index contributed by atoms with van der Waals surface area (Å²) in [5.41, 5.74) is 0.228. The second-order valence-corrected chi connectivity index (χ2v) is 5.31. The van der Waals surface area contributed by atoms with Gasteiger partial charge in [-0.15, -0.1) is 0 Å². The van der Waals surface area contributed by atoms with E-state index in [9.17, 15) is 13.6 Å². The fourth-order valence-electron chi connectivity index (χ4n) is 2.84. The zero-order valence-corrected chi connectivity index (χ0v) is 11.1. The number of carbonyl (C=O) groups is 1. The molecule has 1 aromatic carbocycles. The number of hydrogen-bond donors (Lipinski definition) is 1. The summed E-state index contributed by atoms with van der Waals surface area (Å²) in [6.07, 6.45) is 2.82. The van der Waals surface area contributed by atoms with E-state index in [-0.39, 0.29) is 17.6 Å². The van der Waals surface area contributed by atoms with Crippen LogP contribution in [0.2, 0.25) is 0 Å². The highest BCUT2D eigenvalue weighted by molar-refractivity contribution is 5.87. The molecule has 2 nitrogen and oxygen atoms in total. The van der Waals surface area contributed by atoms with E-state index in [1.165, 1.54) is 6.07 Å². The van der Waals surface area contributed by atoms with Gasteiger partial charge in [0.2, 0.25) is 0 Å². The Morgan fingerprint density at radius 1 is 1.37 bits per heavy atom. The maximum Gasteiger partial charge on any atom is 0.159 e. The molecule has 1 saturated heterocycles. The molecule has 2 rings (SSSR count). The minimum absolute atomic E-state index is 0.130. The molecule has 104 valence electrons. The van der Waals surface area contributed by atoms with Gasteiger partial charge in [-0.1, -0.05) is 19.4 Å². The third kappa shape index (κ3) is 3.00. The van der Waals surface area contributed by atoms with Crippen molar-refractivity contribution in [2.75, 3.05) is 13.1 Å². The summed E-state index contributed by atoms with van der Waals surface area (Å²) in [5, 5.41) is 3.23. The predicted octanol–water partition coefficient (Wildman–Crippen LogP) is 2.86. The molecule has 1 atom stereocenters. The first-order valence-electron chi connectivity index (χ1n) is 6.75. The zero-order valence-electron chi connectivity index (χ0n) is 11.1. The van der Waals surface area contributed by atoms with Gasteiger partial charge in [0, 0.05) is 18.4 Å². The molecule has 0 radical (unpaired) electrons. The summed E-state index contributed by atoms with van der Waals surface area (Å²) >= 11 is 0. The van der Waals surface area contributed by atoms with Crippen molar-refractivity contribution < 1.29 is 13.6 Å². The minimum atomic E-state index is -0.889. The van der Waals surface area contributed by atoms with Crippen molar-refractivity contribution >= 4 is 5.78 Å². The first-order chi connectivity index (χ1) is 9.07. The fourth-order valence-corrected chi connectivity index (χ4v) is 2.84. The van der Waals surface area contributed by atoms with Crippen molar-refractivity contribution in [3.63, 3.8) is 0 Å². The Labute approximate surface area is 112 Å². The van der Waals surface area contributed by atoms with Crippen LogP contribution >= 0.6 is 0 Å². The van der Waals surface area contributed by atoms with Gasteiger partial charge in [0.05, 0.1) is 0 Å². The highest BCUT2D eigenvalue weighted by Gasteiger charge is 2.39. The Morgan fingerprint density at radius 3 is 2.74 bits per heavy atom. The Balaban J connectivity index is 2.12. The van der Waals surface area contributed by atoms with E-state index < -0.39 is 11.6 Å². The van der Waals surface area contributed by atoms with Crippen LogP contribution in [0.5, 0.6) is 0 Å². The third-order valence-corrected chi connectivity index (χ3v) is 3.91. The number of carbonyl (C=O) groups excluding carboxylic acids is 1. The molecule has 1 heterocycles. The molecule has 1 N–H and O–H groups in total. The molecule has 1 unspecified atom stereocenters. The molecular formula is C15H19F2NO. The van der Waals surface area contributed by atoms with Gasteiger partial charge in [0.15, 0.2) is 11.6 Å². The average molecular weight is 267 g/mol. The number of halogens is 2. The molecule has 1 aliphatic rings. The molecular weight excluding hydrogens is 248 g/mol. The van der Waals surface area contributed by atoms with Crippen molar-refractivity contribution in [1.82, 2.24) is 5.32 Å². The van der Waals surface area contributed by atoms with Crippen molar-refractivity contribution in [2.45, 2.75) is 32.6 Å². The summed E-state index contributed by atoms with van der Waals surface area (Å²) < 4.78 is 26.0. The molecule has 0 saturated carbocycles. The maximum absolute atomic E-state index is 13.2. The van der Waals surface area contributed by atoms with Crippen LogP contribution in [0.4, 0.5) is 8.78 Å². The van der Waals surface area contributed by atoms with Crippen LogP contribution in [0, 0.1) is 17.0 Å². The largest absolute Gasteiger partial charge is 0.316 e. The predicted molar refractivity (Wildman–Crippen MR) is 69.9 cm³/mol. The van der Waals surface area contributed by atoms with Crippen LogP contribution in [-0.2, 0) is 11.2 Å². The molecule has 1 aliphatic heterocycles. The van der Waals surface area contributed by atoms with Crippen LogP contribution in [0.15, 0.2) is 18.2 Å². The van der Waals surface area contributed by atoms with Crippen LogP contribution in [-0.4, -0.2) is 18.9 Å². The minimum Gasteiger partial charge on any atom is -0.316 e. The zero-order chi connectivity index (χ0) is 13.9. The second-order valence-electron chi connectivity index (χ2n) is 5.31. The number of nitrogens with one attached hydrogen (secondary N) is 1. The SMILES string of the molecule is CCCC1(C(=O)Cc2ccc(F)c(F)c2)CCNC1. The Bertz CT molecular complexity index is 467. The second kappa shape index (κ2) is 5.78. The lowest BCUT2D eigenvalue weighted by molar-refractivity contribution is -0.127. The average Bonchev–Trinajstić information content (AvgIpc) is 2.84. The van der Waals surface area contributed by atoms with Gasteiger partial charge in [-0.05, 0) is 37.1 Å². The third-order valence-electron chi connectivity index (χ3n) is 3.91. The lowest BCUT2D eigenvalue weighted by Gasteiger charge is -2.26. The van der Waals surface area contributed by atoms with Crippen molar-refractivity contribution in [3.8, 4) is 0 Å². The Hall–Kier alpha value is -1.29. The van der Waals surface area contributed by atoms with Gasteiger partial charge in [0.1, 0.15) is 5.78 Å². The summed E-state index contributed by atoms with van der Waals surface area (Å²) in [7, 11) is 0. The fraction of sp³-hybridized carbons (Fsp3) is 0.533. The highest BCUT2D eigenvalue weighted by Crippen LogP contribution is 2.33. The number of rotatable bonds is 5. The molecule has 1 aromatic rings. The Kier molecular flexibility index (Phi) is 4.30. The number of hydrogen-bond acceptors (Lipinski definition) is 2. The van der Waals surface area contributed by atoms with Crippen molar-refractivity contribution in [3.05, 3.63) is 35.4 Å². The van der Waals surface area contributed by atoms with Crippen LogP contribution in [0.1, 0.15) is 31.7 Å². The van der Waals surface area contributed by atoms with E-state index in [2.05, 4.69) is 12.2 Å². The first kappa shape index (κ1) is 14.1. The molecule has 4 heteroatoms. The standard InChI is InChI=1S/C15H19F2NO/c1-2-5-15(6-7-18-10-15)14(19)9-11-3-4-12(16)13(17)8-11/h3-4,8,18H,2,5-7,9-10H2,1H3.